The third-order valence-electron chi connectivity index (χ3n) is 5.13. The van der Waals surface area contributed by atoms with Crippen LogP contribution in [0.3, 0.4) is 0 Å². The second kappa shape index (κ2) is 8.61. The highest BCUT2D eigenvalue weighted by atomic mass is 19.4. The van der Waals surface area contributed by atoms with Gasteiger partial charge in [-0.3, -0.25) is 0 Å². The molecule has 1 aromatic heterocycles. The summed E-state index contributed by atoms with van der Waals surface area (Å²) in [5.74, 6) is 0.247. The maximum Gasteiger partial charge on any atom is 0.416 e. The second-order valence-corrected chi connectivity index (χ2v) is 7.20. The summed E-state index contributed by atoms with van der Waals surface area (Å²) in [5, 5.41) is 5.44. The van der Waals surface area contributed by atoms with Crippen LogP contribution in [0.5, 0.6) is 0 Å². The molecule has 1 aliphatic rings. The number of halogens is 3. The van der Waals surface area contributed by atoms with Gasteiger partial charge in [0, 0.05) is 25.8 Å². The Morgan fingerprint density at radius 1 is 1.03 bits per heavy atom. The summed E-state index contributed by atoms with van der Waals surface area (Å²) < 4.78 is 38.3. The number of benzene rings is 2. The van der Waals surface area contributed by atoms with E-state index in [1.165, 1.54) is 28.1 Å². The summed E-state index contributed by atoms with van der Waals surface area (Å²) in [5.41, 5.74) is 1.74. The molecule has 30 heavy (non-hydrogen) atoms. The fourth-order valence-corrected chi connectivity index (χ4v) is 3.58. The molecule has 0 fully saturated rings. The van der Waals surface area contributed by atoms with Crippen molar-refractivity contribution in [3.8, 4) is 0 Å². The van der Waals surface area contributed by atoms with E-state index < -0.39 is 11.7 Å². The number of alkyl halides is 3. The van der Waals surface area contributed by atoms with E-state index >= 15 is 0 Å². The number of nitrogens with one attached hydrogen (secondary N) is 1. The van der Waals surface area contributed by atoms with Crippen LogP contribution in [-0.2, 0) is 6.18 Å². The minimum atomic E-state index is -4.36. The molecule has 0 unspecified atom stereocenters. The zero-order chi connectivity index (χ0) is 21.0. The lowest BCUT2D eigenvalue weighted by Crippen LogP contribution is -2.23. The lowest BCUT2D eigenvalue weighted by atomic mass is 9.97. The number of allylic oxidation sites excluding steroid dienone is 2. The number of hydrogen-bond donors (Lipinski definition) is 1. The predicted octanol–water partition coefficient (Wildman–Crippen LogP) is 5.97. The Morgan fingerprint density at radius 2 is 1.87 bits per heavy atom. The Morgan fingerprint density at radius 3 is 2.67 bits per heavy atom. The summed E-state index contributed by atoms with van der Waals surface area (Å²) in [6.07, 6.45) is 4.03. The highest BCUT2D eigenvalue weighted by Gasteiger charge is 2.30. The van der Waals surface area contributed by atoms with Crippen molar-refractivity contribution in [3.05, 3.63) is 90.3 Å². The van der Waals surface area contributed by atoms with E-state index in [9.17, 15) is 13.2 Å². The summed E-state index contributed by atoms with van der Waals surface area (Å²) >= 11 is 0. The van der Waals surface area contributed by atoms with E-state index in [0.717, 1.165) is 31.6 Å². The zero-order valence-corrected chi connectivity index (χ0v) is 16.4. The highest BCUT2D eigenvalue weighted by molar-refractivity contribution is 5.96. The molecule has 3 nitrogen and oxygen atoms in total. The van der Waals surface area contributed by atoms with Gasteiger partial charge in [-0.1, -0.05) is 48.5 Å². The quantitative estimate of drug-likeness (QED) is 0.509. The van der Waals surface area contributed by atoms with Gasteiger partial charge in [-0.15, -0.1) is 0 Å². The molecule has 1 aliphatic heterocycles. The predicted molar refractivity (Wildman–Crippen MR) is 115 cm³/mol. The lowest BCUT2D eigenvalue weighted by Gasteiger charge is -2.23. The maximum atomic E-state index is 12.8. The van der Waals surface area contributed by atoms with Crippen LogP contribution < -0.4 is 5.32 Å². The molecule has 0 saturated heterocycles. The Kier molecular flexibility index (Phi) is 5.74. The Bertz CT molecular complexity index is 1080. The van der Waals surface area contributed by atoms with Crippen LogP contribution in [0.2, 0.25) is 0 Å². The van der Waals surface area contributed by atoms with Crippen LogP contribution in [0.1, 0.15) is 17.5 Å². The van der Waals surface area contributed by atoms with Gasteiger partial charge < -0.3 is 10.2 Å². The summed E-state index contributed by atoms with van der Waals surface area (Å²) in [4.78, 5) is 6.15. The average molecular weight is 409 g/mol. The van der Waals surface area contributed by atoms with Gasteiger partial charge in [0.05, 0.1) is 5.56 Å². The molecule has 0 bridgehead atoms. The summed E-state index contributed by atoms with van der Waals surface area (Å²) in [7, 11) is 0. The number of aromatic nitrogens is 1. The molecular formula is C24H22F3N3. The van der Waals surface area contributed by atoms with E-state index in [1.54, 1.807) is 0 Å². The van der Waals surface area contributed by atoms with Crippen molar-refractivity contribution in [2.75, 3.05) is 25.0 Å². The highest BCUT2D eigenvalue weighted by Crippen LogP contribution is 2.30. The SMILES string of the molecule is FC(F)(F)c1ccnc(NCCCN2C=CC(c3cccc4ccccc34)=CC2)c1. The van der Waals surface area contributed by atoms with E-state index in [2.05, 4.69) is 70.0 Å². The molecule has 1 N–H and O–H groups in total. The standard InChI is InChI=1S/C24H22F3N3/c25-24(26,27)20-9-13-29-23(17-20)28-12-4-14-30-15-10-19(11-16-30)22-8-3-6-18-5-1-2-7-21(18)22/h1-3,5-11,13,15,17H,4,12,14,16H2,(H,28,29). The second-order valence-electron chi connectivity index (χ2n) is 7.20. The van der Waals surface area contributed by atoms with Gasteiger partial charge >= 0.3 is 6.18 Å². The smallest absolute Gasteiger partial charge is 0.374 e. The van der Waals surface area contributed by atoms with Gasteiger partial charge in [0.2, 0.25) is 0 Å². The van der Waals surface area contributed by atoms with Crippen LogP contribution in [0.25, 0.3) is 16.3 Å². The van der Waals surface area contributed by atoms with Crippen molar-refractivity contribution >= 4 is 22.2 Å². The minimum absolute atomic E-state index is 0.247. The molecule has 0 atom stereocenters. The monoisotopic (exact) mass is 409 g/mol. The molecule has 6 heteroatoms. The van der Waals surface area contributed by atoms with Gasteiger partial charge in [0.15, 0.2) is 0 Å². The third-order valence-corrected chi connectivity index (χ3v) is 5.13. The maximum absolute atomic E-state index is 12.8. The number of rotatable bonds is 6. The van der Waals surface area contributed by atoms with Gasteiger partial charge in [-0.25, -0.2) is 4.98 Å². The molecule has 3 aromatic rings. The normalized spacial score (nSPS) is 14.1. The van der Waals surface area contributed by atoms with Crippen molar-refractivity contribution in [1.82, 2.24) is 9.88 Å². The van der Waals surface area contributed by atoms with E-state index in [0.29, 0.717) is 6.54 Å². The van der Waals surface area contributed by atoms with Crippen LogP contribution in [0.15, 0.2) is 79.1 Å². The van der Waals surface area contributed by atoms with Gasteiger partial charge in [0.25, 0.3) is 0 Å². The first-order valence-electron chi connectivity index (χ1n) is 9.88. The van der Waals surface area contributed by atoms with Gasteiger partial charge in [-0.2, -0.15) is 13.2 Å². The van der Waals surface area contributed by atoms with E-state index in [1.807, 2.05) is 6.07 Å². The third kappa shape index (κ3) is 4.64. The number of nitrogens with zero attached hydrogens (tertiary/aromatic N) is 2. The lowest BCUT2D eigenvalue weighted by molar-refractivity contribution is -0.137. The number of anilines is 1. The van der Waals surface area contributed by atoms with Crippen molar-refractivity contribution in [2.24, 2.45) is 0 Å². The molecular weight excluding hydrogens is 387 g/mol. The first-order valence-corrected chi connectivity index (χ1v) is 9.88. The molecule has 2 aromatic carbocycles. The largest absolute Gasteiger partial charge is 0.416 e. The molecule has 154 valence electrons. The van der Waals surface area contributed by atoms with Gasteiger partial charge in [-0.05, 0) is 52.7 Å². The van der Waals surface area contributed by atoms with Crippen molar-refractivity contribution in [1.29, 1.82) is 0 Å². The number of fused-ring (bicyclic) bond motifs is 1. The molecule has 4 rings (SSSR count). The van der Waals surface area contributed by atoms with Crippen LogP contribution in [0, 0.1) is 0 Å². The number of hydrogen-bond acceptors (Lipinski definition) is 3. The summed E-state index contributed by atoms with van der Waals surface area (Å²) in [6.45, 7) is 2.16. The van der Waals surface area contributed by atoms with E-state index in [4.69, 9.17) is 0 Å². The fraction of sp³-hybridized carbons (Fsp3) is 0.208. The first kappa shape index (κ1) is 20.0. The van der Waals surface area contributed by atoms with E-state index in [-0.39, 0.29) is 5.82 Å². The Labute approximate surface area is 173 Å². The Balaban J connectivity index is 1.29. The fourth-order valence-electron chi connectivity index (χ4n) is 3.58. The van der Waals surface area contributed by atoms with Gasteiger partial charge in [0.1, 0.15) is 5.82 Å². The summed E-state index contributed by atoms with van der Waals surface area (Å²) in [6, 6.07) is 16.7. The average Bonchev–Trinajstić information content (AvgIpc) is 2.76. The molecule has 0 aliphatic carbocycles. The molecule has 2 heterocycles. The van der Waals surface area contributed by atoms with Crippen molar-refractivity contribution in [3.63, 3.8) is 0 Å². The topological polar surface area (TPSA) is 28.2 Å². The van der Waals surface area contributed by atoms with Crippen molar-refractivity contribution < 1.29 is 13.2 Å². The molecule has 0 amide bonds. The molecule has 0 saturated carbocycles. The molecule has 0 spiro atoms. The van der Waals surface area contributed by atoms with Crippen LogP contribution >= 0.6 is 0 Å². The first-order chi connectivity index (χ1) is 14.5. The Hall–Kier alpha value is -3.28. The minimum Gasteiger partial charge on any atom is -0.374 e. The number of pyridine rings is 1. The molecule has 0 radical (unpaired) electrons. The van der Waals surface area contributed by atoms with Crippen LogP contribution in [0.4, 0.5) is 19.0 Å². The zero-order valence-electron chi connectivity index (χ0n) is 16.4. The van der Waals surface area contributed by atoms with Crippen molar-refractivity contribution in [2.45, 2.75) is 12.6 Å². The van der Waals surface area contributed by atoms with Crippen LogP contribution in [-0.4, -0.2) is 29.5 Å².